The van der Waals surface area contributed by atoms with E-state index >= 15 is 0 Å². The molecule has 90 valence electrons. The number of hydrogen-bond donors (Lipinski definition) is 0. The fourth-order valence-corrected chi connectivity index (χ4v) is 3.68. The summed E-state index contributed by atoms with van der Waals surface area (Å²) in [5.41, 5.74) is 1.47. The first-order valence-electron chi connectivity index (χ1n) is 6.33. The number of fused-ring (bicyclic) bond motifs is 1. The standard InChI is InChI=1S/C14H22O2/c1-10(15)11-6-4-7-12-13(16-3)8-5-9-14(11,12)2/h7,11,13H,4-6,8-9H2,1-3H3/t11-,13-,14+/m0/s1. The van der Waals surface area contributed by atoms with Gasteiger partial charge in [0, 0.05) is 18.4 Å². The van der Waals surface area contributed by atoms with Crippen LogP contribution in [0.5, 0.6) is 0 Å². The summed E-state index contributed by atoms with van der Waals surface area (Å²) in [7, 11) is 1.79. The van der Waals surface area contributed by atoms with E-state index < -0.39 is 0 Å². The highest BCUT2D eigenvalue weighted by atomic mass is 16.5. The molecule has 0 unspecified atom stereocenters. The summed E-state index contributed by atoms with van der Waals surface area (Å²) in [6.07, 6.45) is 8.07. The molecule has 0 heterocycles. The molecular weight excluding hydrogens is 200 g/mol. The van der Waals surface area contributed by atoms with Gasteiger partial charge in [-0.2, -0.15) is 0 Å². The molecule has 2 nitrogen and oxygen atoms in total. The molecule has 0 spiro atoms. The van der Waals surface area contributed by atoms with Crippen LogP contribution in [0.1, 0.15) is 46.0 Å². The normalized spacial score (nSPS) is 38.8. The van der Waals surface area contributed by atoms with Crippen LogP contribution in [0.2, 0.25) is 0 Å². The fourth-order valence-electron chi connectivity index (χ4n) is 3.68. The van der Waals surface area contributed by atoms with Gasteiger partial charge in [-0.05, 0) is 44.6 Å². The van der Waals surface area contributed by atoms with Crippen molar-refractivity contribution in [2.24, 2.45) is 11.3 Å². The van der Waals surface area contributed by atoms with Crippen LogP contribution in [-0.4, -0.2) is 19.0 Å². The van der Waals surface area contributed by atoms with Crippen LogP contribution in [0, 0.1) is 11.3 Å². The Morgan fingerprint density at radius 3 is 2.88 bits per heavy atom. The summed E-state index contributed by atoms with van der Waals surface area (Å²) in [5, 5.41) is 0. The highest BCUT2D eigenvalue weighted by Gasteiger charge is 2.46. The van der Waals surface area contributed by atoms with Crippen LogP contribution in [0.4, 0.5) is 0 Å². The number of carbonyl (C=O) groups is 1. The van der Waals surface area contributed by atoms with E-state index in [4.69, 9.17) is 4.74 Å². The van der Waals surface area contributed by atoms with E-state index in [1.807, 2.05) is 0 Å². The zero-order valence-electron chi connectivity index (χ0n) is 10.6. The van der Waals surface area contributed by atoms with Gasteiger partial charge in [-0.15, -0.1) is 0 Å². The van der Waals surface area contributed by atoms with Crippen LogP contribution in [0.15, 0.2) is 11.6 Å². The van der Waals surface area contributed by atoms with Crippen molar-refractivity contribution in [2.45, 2.75) is 52.1 Å². The van der Waals surface area contributed by atoms with E-state index in [0.717, 1.165) is 25.7 Å². The van der Waals surface area contributed by atoms with Crippen molar-refractivity contribution < 1.29 is 9.53 Å². The smallest absolute Gasteiger partial charge is 0.133 e. The molecule has 2 heteroatoms. The molecule has 2 aliphatic rings. The highest BCUT2D eigenvalue weighted by molar-refractivity contribution is 5.80. The first kappa shape index (κ1) is 11.8. The van der Waals surface area contributed by atoms with Crippen molar-refractivity contribution in [3.05, 3.63) is 11.6 Å². The fraction of sp³-hybridized carbons (Fsp3) is 0.786. The molecule has 0 aromatic rings. The van der Waals surface area contributed by atoms with Gasteiger partial charge >= 0.3 is 0 Å². The van der Waals surface area contributed by atoms with E-state index in [9.17, 15) is 4.79 Å². The molecule has 0 radical (unpaired) electrons. The average molecular weight is 222 g/mol. The van der Waals surface area contributed by atoms with Gasteiger partial charge in [0.25, 0.3) is 0 Å². The molecule has 0 aliphatic heterocycles. The third-order valence-corrected chi connectivity index (χ3v) is 4.53. The molecular formula is C14H22O2. The Morgan fingerprint density at radius 1 is 1.50 bits per heavy atom. The monoisotopic (exact) mass is 222 g/mol. The van der Waals surface area contributed by atoms with Crippen LogP contribution < -0.4 is 0 Å². The van der Waals surface area contributed by atoms with Crippen molar-refractivity contribution in [2.75, 3.05) is 7.11 Å². The quantitative estimate of drug-likeness (QED) is 0.671. The third-order valence-electron chi connectivity index (χ3n) is 4.53. The molecule has 0 saturated heterocycles. The maximum absolute atomic E-state index is 11.8. The molecule has 0 aromatic heterocycles. The molecule has 0 N–H and O–H groups in total. The molecule has 2 aliphatic carbocycles. The summed E-state index contributed by atoms with van der Waals surface area (Å²) in [6.45, 7) is 4.00. The van der Waals surface area contributed by atoms with Crippen LogP contribution in [0.25, 0.3) is 0 Å². The minimum atomic E-state index is 0.0724. The second kappa shape index (κ2) is 4.33. The van der Waals surface area contributed by atoms with Gasteiger partial charge in [0.15, 0.2) is 0 Å². The van der Waals surface area contributed by atoms with Crippen molar-refractivity contribution in [3.63, 3.8) is 0 Å². The van der Waals surface area contributed by atoms with Gasteiger partial charge in [0.05, 0.1) is 6.10 Å². The van der Waals surface area contributed by atoms with E-state index in [-0.39, 0.29) is 17.4 Å². The molecule has 1 saturated carbocycles. The molecule has 16 heavy (non-hydrogen) atoms. The molecule has 1 fully saturated rings. The number of ether oxygens (including phenoxy) is 1. The van der Waals surface area contributed by atoms with Crippen LogP contribution in [-0.2, 0) is 9.53 Å². The largest absolute Gasteiger partial charge is 0.377 e. The molecule has 0 aromatic carbocycles. The van der Waals surface area contributed by atoms with Crippen molar-refractivity contribution in [3.8, 4) is 0 Å². The first-order valence-corrected chi connectivity index (χ1v) is 6.33. The lowest BCUT2D eigenvalue weighted by Crippen LogP contribution is -2.43. The second-order valence-electron chi connectivity index (χ2n) is 5.43. The Kier molecular flexibility index (Phi) is 3.20. The predicted octanol–water partition coefficient (Wildman–Crippen LogP) is 3.12. The van der Waals surface area contributed by atoms with Gasteiger partial charge in [-0.1, -0.05) is 13.0 Å². The minimum absolute atomic E-state index is 0.0724. The first-order chi connectivity index (χ1) is 7.59. The molecule has 2 rings (SSSR count). The van der Waals surface area contributed by atoms with E-state index in [1.165, 1.54) is 12.0 Å². The summed E-state index contributed by atoms with van der Waals surface area (Å²) in [5.74, 6) is 0.565. The van der Waals surface area contributed by atoms with Crippen LogP contribution >= 0.6 is 0 Å². The number of methoxy groups -OCH3 is 1. The lowest BCUT2D eigenvalue weighted by molar-refractivity contribution is -0.125. The number of allylic oxidation sites excluding steroid dienone is 1. The molecule has 0 amide bonds. The summed E-state index contributed by atoms with van der Waals surface area (Å²) < 4.78 is 5.57. The zero-order valence-corrected chi connectivity index (χ0v) is 10.6. The Morgan fingerprint density at radius 2 is 2.25 bits per heavy atom. The zero-order chi connectivity index (χ0) is 11.8. The van der Waals surface area contributed by atoms with Crippen molar-refractivity contribution >= 4 is 5.78 Å². The van der Waals surface area contributed by atoms with E-state index in [0.29, 0.717) is 5.78 Å². The van der Waals surface area contributed by atoms with E-state index in [2.05, 4.69) is 13.0 Å². The second-order valence-corrected chi connectivity index (χ2v) is 5.43. The summed E-state index contributed by atoms with van der Waals surface area (Å²) >= 11 is 0. The maximum Gasteiger partial charge on any atom is 0.133 e. The number of Topliss-reactive ketones (excluding diaryl/α,β-unsaturated/α-hetero) is 1. The van der Waals surface area contributed by atoms with Gasteiger partial charge in [0.1, 0.15) is 5.78 Å². The SMILES string of the molecule is CO[C@H]1CCC[C@@]2(C)C1=CCC[C@H]2C(C)=O. The number of rotatable bonds is 2. The Labute approximate surface area is 98.1 Å². The van der Waals surface area contributed by atoms with Gasteiger partial charge in [-0.25, -0.2) is 0 Å². The van der Waals surface area contributed by atoms with Gasteiger partial charge < -0.3 is 4.74 Å². The Bertz CT molecular complexity index is 319. The number of ketones is 1. The lowest BCUT2D eigenvalue weighted by atomic mass is 9.58. The van der Waals surface area contributed by atoms with Crippen molar-refractivity contribution in [1.82, 2.24) is 0 Å². The molecule has 3 atom stereocenters. The topological polar surface area (TPSA) is 26.3 Å². The van der Waals surface area contributed by atoms with Gasteiger partial charge in [0.2, 0.25) is 0 Å². The average Bonchev–Trinajstić information content (AvgIpc) is 2.26. The Hall–Kier alpha value is -0.630. The van der Waals surface area contributed by atoms with E-state index in [1.54, 1.807) is 14.0 Å². The summed E-state index contributed by atoms with van der Waals surface area (Å²) in [6, 6.07) is 0. The van der Waals surface area contributed by atoms with Gasteiger partial charge in [-0.3, -0.25) is 4.79 Å². The third kappa shape index (κ3) is 1.73. The predicted molar refractivity (Wildman–Crippen MR) is 64.2 cm³/mol. The lowest BCUT2D eigenvalue weighted by Gasteiger charge is -2.47. The number of hydrogen-bond acceptors (Lipinski definition) is 2. The Balaban J connectivity index is 2.34. The number of carbonyl (C=O) groups excluding carboxylic acids is 1. The maximum atomic E-state index is 11.8. The summed E-state index contributed by atoms with van der Waals surface area (Å²) in [4.78, 5) is 11.8. The molecule has 0 bridgehead atoms. The van der Waals surface area contributed by atoms with Crippen molar-refractivity contribution in [1.29, 1.82) is 0 Å². The highest BCUT2D eigenvalue weighted by Crippen LogP contribution is 2.51. The minimum Gasteiger partial charge on any atom is -0.377 e. The van der Waals surface area contributed by atoms with Crippen LogP contribution in [0.3, 0.4) is 0 Å².